The summed E-state index contributed by atoms with van der Waals surface area (Å²) < 4.78 is 68.8. The number of carbonyl (C=O) groups is 1. The van der Waals surface area contributed by atoms with Gasteiger partial charge in [-0.3, -0.25) is 4.79 Å². The fourth-order valence-corrected chi connectivity index (χ4v) is 8.79. The summed E-state index contributed by atoms with van der Waals surface area (Å²) in [5.74, 6) is -3.54. The molecule has 1 saturated heterocycles. The SMILES string of the molecule is O=C(C(NS(=O)(=O)c1ccc2cc(OC3CCCC3)ccc2c1)C(F)(F)c1ccc(-c2ccc(Cl)cc2)cc1)N1C[C@H]2CCC[C@H]2C1. The summed E-state index contributed by atoms with van der Waals surface area (Å²) >= 11 is 6.00. The summed E-state index contributed by atoms with van der Waals surface area (Å²) in [5.41, 5.74) is 1.02. The number of carbonyl (C=O) groups excluding carboxylic acids is 1. The Morgan fingerprint density at radius 2 is 1.40 bits per heavy atom. The maximum Gasteiger partial charge on any atom is 0.298 e. The lowest BCUT2D eigenvalue weighted by Gasteiger charge is -2.31. The molecule has 10 heteroatoms. The van der Waals surface area contributed by atoms with Crippen LogP contribution in [0, 0.1) is 11.8 Å². The highest BCUT2D eigenvalue weighted by atomic mass is 35.5. The molecule has 7 rings (SSSR count). The third-order valence-electron chi connectivity index (χ3n) is 10.1. The summed E-state index contributed by atoms with van der Waals surface area (Å²) in [6.45, 7) is 0.711. The van der Waals surface area contributed by atoms with Crippen molar-refractivity contribution in [2.75, 3.05) is 13.1 Å². The number of alkyl halides is 2. The van der Waals surface area contributed by atoms with E-state index in [0.29, 0.717) is 34.8 Å². The molecule has 0 bridgehead atoms. The van der Waals surface area contributed by atoms with E-state index >= 15 is 8.78 Å². The Balaban J connectivity index is 1.17. The van der Waals surface area contributed by atoms with E-state index in [1.807, 2.05) is 6.07 Å². The second-order valence-corrected chi connectivity index (χ2v) is 15.3. The molecule has 4 aromatic rings. The third-order valence-corrected chi connectivity index (χ3v) is 11.7. The highest BCUT2D eigenvalue weighted by Gasteiger charge is 2.51. The molecular formula is C37H37ClF2N2O4S. The number of sulfonamides is 1. The molecule has 1 unspecified atom stereocenters. The lowest BCUT2D eigenvalue weighted by molar-refractivity contribution is -0.143. The van der Waals surface area contributed by atoms with E-state index < -0.39 is 33.5 Å². The second-order valence-electron chi connectivity index (χ2n) is 13.2. The Bertz CT molecular complexity index is 1870. The number of fused-ring (bicyclic) bond motifs is 2. The third kappa shape index (κ3) is 6.62. The first-order valence-electron chi connectivity index (χ1n) is 16.3. The van der Waals surface area contributed by atoms with Gasteiger partial charge in [0.05, 0.1) is 11.0 Å². The standard InChI is InChI=1S/C37H37ClF2N2O4S/c38-31-16-10-25(11-17-31)24-8-14-30(15-9-24)37(39,40)35(36(43)42-22-28-4-3-5-29(28)23-42)41-47(44,45)34-19-13-26-20-33(18-12-27(26)21-34)46-32-6-1-2-7-32/h8-21,28-29,32,35,41H,1-7,22-23H2/t28-,29+,35?. The summed E-state index contributed by atoms with van der Waals surface area (Å²) in [6, 6.07) is 20.1. The maximum absolute atomic E-state index is 16.5. The van der Waals surface area contributed by atoms with E-state index in [0.717, 1.165) is 55.9 Å². The predicted molar refractivity (Wildman–Crippen MR) is 179 cm³/mol. The number of likely N-dealkylation sites (tertiary alicyclic amines) is 1. The first kappa shape index (κ1) is 32.0. The molecule has 3 fully saturated rings. The largest absolute Gasteiger partial charge is 0.490 e. The molecule has 1 amide bonds. The van der Waals surface area contributed by atoms with Crippen LogP contribution in [0.15, 0.2) is 89.8 Å². The van der Waals surface area contributed by atoms with E-state index in [9.17, 15) is 13.2 Å². The molecule has 2 saturated carbocycles. The van der Waals surface area contributed by atoms with E-state index in [1.54, 1.807) is 42.5 Å². The van der Waals surface area contributed by atoms with Gasteiger partial charge < -0.3 is 9.64 Å². The van der Waals surface area contributed by atoms with Gasteiger partial charge in [-0.2, -0.15) is 13.5 Å². The van der Waals surface area contributed by atoms with Crippen LogP contribution in [0.25, 0.3) is 21.9 Å². The summed E-state index contributed by atoms with van der Waals surface area (Å²) in [7, 11) is -4.54. The molecule has 0 aromatic heterocycles. The van der Waals surface area contributed by atoms with Crippen LogP contribution < -0.4 is 9.46 Å². The Labute approximate surface area is 279 Å². The van der Waals surface area contributed by atoms with Gasteiger partial charge >= 0.3 is 0 Å². The number of hydrogen-bond donors (Lipinski definition) is 1. The molecule has 1 N–H and O–H groups in total. The van der Waals surface area contributed by atoms with Crippen molar-refractivity contribution in [3.05, 3.63) is 95.5 Å². The van der Waals surface area contributed by atoms with Crippen molar-refractivity contribution in [1.29, 1.82) is 0 Å². The smallest absolute Gasteiger partial charge is 0.298 e. The number of nitrogens with one attached hydrogen (secondary N) is 1. The van der Waals surface area contributed by atoms with Crippen LogP contribution in [0.3, 0.4) is 0 Å². The fraction of sp³-hybridized carbons (Fsp3) is 0.378. The van der Waals surface area contributed by atoms with Crippen molar-refractivity contribution in [1.82, 2.24) is 9.62 Å². The molecule has 3 atom stereocenters. The van der Waals surface area contributed by atoms with Gasteiger partial charge in [-0.05, 0) is 109 Å². The molecule has 3 aliphatic rings. The molecule has 246 valence electrons. The van der Waals surface area contributed by atoms with Gasteiger partial charge in [-0.15, -0.1) is 0 Å². The van der Waals surface area contributed by atoms with Crippen LogP contribution in [0.1, 0.15) is 50.5 Å². The minimum absolute atomic E-state index is 0.177. The van der Waals surface area contributed by atoms with Crippen LogP contribution in [0.4, 0.5) is 8.78 Å². The number of hydrogen-bond acceptors (Lipinski definition) is 4. The summed E-state index contributed by atoms with van der Waals surface area (Å²) in [5, 5.41) is 1.94. The van der Waals surface area contributed by atoms with E-state index in [4.69, 9.17) is 16.3 Å². The number of halogens is 3. The van der Waals surface area contributed by atoms with Crippen LogP contribution in [0.2, 0.25) is 5.02 Å². The molecule has 4 aromatic carbocycles. The first-order chi connectivity index (χ1) is 22.6. The second kappa shape index (κ2) is 12.8. The molecule has 0 radical (unpaired) electrons. The van der Waals surface area contributed by atoms with Gasteiger partial charge in [-0.1, -0.05) is 66.6 Å². The Hall–Kier alpha value is -3.53. The van der Waals surface area contributed by atoms with Crippen LogP contribution >= 0.6 is 11.6 Å². The predicted octanol–water partition coefficient (Wildman–Crippen LogP) is 8.18. The van der Waals surface area contributed by atoms with E-state index in [2.05, 4.69) is 4.72 Å². The molecule has 47 heavy (non-hydrogen) atoms. The Morgan fingerprint density at radius 1 is 0.809 bits per heavy atom. The first-order valence-corrected chi connectivity index (χ1v) is 18.2. The van der Waals surface area contributed by atoms with Crippen molar-refractivity contribution in [3.8, 4) is 16.9 Å². The number of benzene rings is 4. The normalized spacial score (nSPS) is 20.9. The van der Waals surface area contributed by atoms with Gasteiger partial charge in [-0.25, -0.2) is 8.42 Å². The van der Waals surface area contributed by atoms with Crippen molar-refractivity contribution < 1.29 is 26.7 Å². The molecule has 6 nitrogen and oxygen atoms in total. The van der Waals surface area contributed by atoms with Crippen molar-refractivity contribution >= 4 is 38.3 Å². The van der Waals surface area contributed by atoms with Crippen molar-refractivity contribution in [2.24, 2.45) is 11.8 Å². The lowest BCUT2D eigenvalue weighted by Crippen LogP contribution is -2.56. The number of ether oxygens (including phenoxy) is 1. The topological polar surface area (TPSA) is 75.7 Å². The van der Waals surface area contributed by atoms with E-state index in [-0.39, 0.29) is 22.8 Å². The van der Waals surface area contributed by atoms with Gasteiger partial charge in [0.2, 0.25) is 15.9 Å². The molecular weight excluding hydrogens is 642 g/mol. The average molecular weight is 679 g/mol. The zero-order chi connectivity index (χ0) is 32.8. The highest BCUT2D eigenvalue weighted by molar-refractivity contribution is 7.89. The van der Waals surface area contributed by atoms with Crippen LogP contribution in [0.5, 0.6) is 5.75 Å². The summed E-state index contributed by atoms with van der Waals surface area (Å²) in [4.78, 5) is 15.1. The zero-order valence-corrected chi connectivity index (χ0v) is 27.5. The minimum atomic E-state index is -4.54. The molecule has 2 aliphatic carbocycles. The van der Waals surface area contributed by atoms with Gasteiger partial charge in [0.15, 0.2) is 6.04 Å². The van der Waals surface area contributed by atoms with Gasteiger partial charge in [0.1, 0.15) is 5.75 Å². The molecule has 0 spiro atoms. The summed E-state index contributed by atoms with van der Waals surface area (Å²) in [6.07, 6.45) is 7.42. The Kier molecular flexibility index (Phi) is 8.74. The fourth-order valence-electron chi connectivity index (χ4n) is 7.44. The molecule has 1 aliphatic heterocycles. The van der Waals surface area contributed by atoms with Crippen molar-refractivity contribution in [3.63, 3.8) is 0 Å². The van der Waals surface area contributed by atoms with Crippen molar-refractivity contribution in [2.45, 2.75) is 67.9 Å². The zero-order valence-electron chi connectivity index (χ0n) is 25.9. The number of nitrogens with zero attached hydrogens (tertiary/aromatic N) is 1. The monoisotopic (exact) mass is 678 g/mol. The molecule has 1 heterocycles. The number of rotatable bonds is 9. The van der Waals surface area contributed by atoms with Gasteiger partial charge in [0.25, 0.3) is 5.92 Å². The van der Waals surface area contributed by atoms with Crippen LogP contribution in [-0.4, -0.2) is 44.5 Å². The van der Waals surface area contributed by atoms with Crippen LogP contribution in [-0.2, 0) is 20.7 Å². The average Bonchev–Trinajstić information content (AvgIpc) is 3.83. The number of amides is 1. The minimum Gasteiger partial charge on any atom is -0.490 e. The quantitative estimate of drug-likeness (QED) is 0.194. The van der Waals surface area contributed by atoms with E-state index in [1.165, 1.54) is 41.3 Å². The van der Waals surface area contributed by atoms with Gasteiger partial charge in [0, 0.05) is 23.7 Å². The Morgan fingerprint density at radius 3 is 2.06 bits per heavy atom. The maximum atomic E-state index is 16.5. The lowest BCUT2D eigenvalue weighted by atomic mass is 9.97. The highest BCUT2D eigenvalue weighted by Crippen LogP contribution is 2.41.